The van der Waals surface area contributed by atoms with Gasteiger partial charge in [-0.1, -0.05) is 0 Å². The van der Waals surface area contributed by atoms with E-state index in [1.54, 1.807) is 0 Å². The highest BCUT2D eigenvalue weighted by molar-refractivity contribution is 7.88. The molecule has 6 nitrogen and oxygen atoms in total. The number of amides is 1. The number of carbonyl (C=O) groups is 2. The van der Waals surface area contributed by atoms with E-state index in [9.17, 15) is 22.4 Å². The fourth-order valence-electron chi connectivity index (χ4n) is 0.931. The predicted molar refractivity (Wildman–Crippen MR) is 49.4 cm³/mol. The van der Waals surface area contributed by atoms with Crippen LogP contribution < -0.4 is 0 Å². The zero-order chi connectivity index (χ0) is 12.4. The van der Waals surface area contributed by atoms with Crippen LogP contribution in [-0.2, 0) is 19.7 Å². The van der Waals surface area contributed by atoms with Gasteiger partial charge in [-0.15, -0.1) is 0 Å². The minimum Gasteiger partial charge on any atom is -0.345 e. The van der Waals surface area contributed by atoms with Crippen LogP contribution in [0.3, 0.4) is 0 Å². The average molecular weight is 241 g/mol. The van der Waals surface area contributed by atoms with Crippen molar-refractivity contribution in [3.63, 3.8) is 0 Å². The Morgan fingerprint density at radius 2 is 1.80 bits per heavy atom. The van der Waals surface area contributed by atoms with Gasteiger partial charge in [0, 0.05) is 14.1 Å². The summed E-state index contributed by atoms with van der Waals surface area (Å²) in [5, 5.41) is -3.59. The Hall–Kier alpha value is -1.02. The first-order valence-electron chi connectivity index (χ1n) is 3.89. The van der Waals surface area contributed by atoms with Crippen LogP contribution in [0.4, 0.5) is 4.39 Å². The molecule has 1 unspecified atom stereocenters. The number of ketones is 1. The van der Waals surface area contributed by atoms with Crippen molar-refractivity contribution in [3.8, 4) is 0 Å². The van der Waals surface area contributed by atoms with Crippen molar-refractivity contribution in [2.24, 2.45) is 0 Å². The molecule has 8 heteroatoms. The van der Waals surface area contributed by atoms with Gasteiger partial charge >= 0.3 is 15.1 Å². The fourth-order valence-corrected chi connectivity index (χ4v) is 1.72. The van der Waals surface area contributed by atoms with Crippen LogP contribution in [0.15, 0.2) is 0 Å². The molecule has 15 heavy (non-hydrogen) atoms. The summed E-state index contributed by atoms with van der Waals surface area (Å²) < 4.78 is 43.8. The second kappa shape index (κ2) is 4.23. The molecule has 0 aliphatic carbocycles. The van der Waals surface area contributed by atoms with Crippen LogP contribution in [0.5, 0.6) is 0 Å². The Morgan fingerprint density at radius 3 is 2.00 bits per heavy atom. The molecule has 0 heterocycles. The number of rotatable bonds is 4. The Bertz CT molecular complexity index is 377. The van der Waals surface area contributed by atoms with Gasteiger partial charge in [-0.2, -0.15) is 8.42 Å². The van der Waals surface area contributed by atoms with Crippen LogP contribution >= 0.6 is 0 Å². The van der Waals surface area contributed by atoms with Gasteiger partial charge in [-0.05, 0) is 6.92 Å². The van der Waals surface area contributed by atoms with E-state index in [1.165, 1.54) is 0 Å². The van der Waals surface area contributed by atoms with Crippen molar-refractivity contribution in [2.45, 2.75) is 18.3 Å². The van der Waals surface area contributed by atoms with Crippen LogP contribution in [0.1, 0.15) is 13.3 Å². The molecule has 0 radical (unpaired) electrons. The highest BCUT2D eigenvalue weighted by atomic mass is 32.2. The summed E-state index contributed by atoms with van der Waals surface area (Å²) in [7, 11) is -3.06. The largest absolute Gasteiger partial charge is 0.345 e. The first kappa shape index (κ1) is 14.0. The lowest BCUT2D eigenvalue weighted by Gasteiger charge is -2.23. The molecule has 0 aromatic rings. The Kier molecular flexibility index (Phi) is 3.94. The van der Waals surface area contributed by atoms with Gasteiger partial charge in [0.15, 0.2) is 0 Å². The molecular weight excluding hydrogens is 229 g/mol. The van der Waals surface area contributed by atoms with Crippen molar-refractivity contribution >= 4 is 21.8 Å². The summed E-state index contributed by atoms with van der Waals surface area (Å²) in [4.78, 5) is 22.5. The summed E-state index contributed by atoms with van der Waals surface area (Å²) in [5.41, 5.74) is 0. The third kappa shape index (κ3) is 2.96. The number of alkyl halides is 1. The number of nitrogens with zero attached hydrogens (tertiary/aromatic N) is 1. The molecule has 0 rings (SSSR count). The van der Waals surface area contributed by atoms with Gasteiger partial charge in [0.25, 0.3) is 5.91 Å². The maximum atomic E-state index is 13.7. The normalized spacial score (nSPS) is 15.5. The minimum atomic E-state index is -5.28. The molecule has 0 aromatic carbocycles. The zero-order valence-electron chi connectivity index (χ0n) is 8.52. The molecule has 0 bridgehead atoms. The summed E-state index contributed by atoms with van der Waals surface area (Å²) >= 11 is 0. The van der Waals surface area contributed by atoms with E-state index in [4.69, 9.17) is 4.55 Å². The lowest BCUT2D eigenvalue weighted by molar-refractivity contribution is -0.139. The Morgan fingerprint density at radius 1 is 1.40 bits per heavy atom. The fraction of sp³-hybridized carbons (Fsp3) is 0.714. The van der Waals surface area contributed by atoms with E-state index in [1.807, 2.05) is 0 Å². The molecule has 1 atom stereocenters. The van der Waals surface area contributed by atoms with Crippen LogP contribution in [0, 0.1) is 0 Å². The van der Waals surface area contributed by atoms with E-state index < -0.39 is 33.2 Å². The van der Waals surface area contributed by atoms with Crippen molar-refractivity contribution in [2.75, 3.05) is 14.1 Å². The van der Waals surface area contributed by atoms with E-state index in [-0.39, 0.29) is 0 Å². The van der Waals surface area contributed by atoms with Gasteiger partial charge < -0.3 is 4.90 Å². The van der Waals surface area contributed by atoms with Crippen LogP contribution in [0.2, 0.25) is 0 Å². The lowest BCUT2D eigenvalue weighted by Crippen LogP contribution is -2.49. The summed E-state index contributed by atoms with van der Waals surface area (Å²) in [6.07, 6.45) is -1.21. The van der Waals surface area contributed by atoms with E-state index in [2.05, 4.69) is 0 Å². The van der Waals surface area contributed by atoms with Crippen LogP contribution in [0.25, 0.3) is 0 Å². The smallest absolute Gasteiger partial charge is 0.318 e. The third-order valence-electron chi connectivity index (χ3n) is 1.61. The first-order valence-corrected chi connectivity index (χ1v) is 5.33. The number of hydrogen-bond acceptors (Lipinski definition) is 4. The van der Waals surface area contributed by atoms with Gasteiger partial charge in [-0.3, -0.25) is 14.1 Å². The Balaban J connectivity index is 5.42. The van der Waals surface area contributed by atoms with Crippen molar-refractivity contribution in [3.05, 3.63) is 0 Å². The molecule has 0 aliphatic rings. The van der Waals surface area contributed by atoms with Crippen molar-refractivity contribution < 1.29 is 27.0 Å². The quantitative estimate of drug-likeness (QED) is 0.676. The number of carbonyl (C=O) groups excluding carboxylic acids is 2. The molecule has 1 N–H and O–H groups in total. The molecule has 0 saturated carbocycles. The second-order valence-electron chi connectivity index (χ2n) is 3.28. The van der Waals surface area contributed by atoms with E-state index >= 15 is 0 Å². The topological polar surface area (TPSA) is 91.8 Å². The maximum absolute atomic E-state index is 13.7. The number of halogens is 1. The second-order valence-corrected chi connectivity index (χ2v) is 4.88. The molecule has 0 aliphatic heterocycles. The highest BCUT2D eigenvalue weighted by Crippen LogP contribution is 2.25. The Labute approximate surface area is 86.8 Å². The van der Waals surface area contributed by atoms with Gasteiger partial charge in [0.2, 0.25) is 0 Å². The standard InChI is InChI=1S/C7H12FNO5S/c1-5(10)4-7(8,15(12,13)14)6(11)9(2)3/h4H2,1-3H3,(H,12,13,14). The zero-order valence-corrected chi connectivity index (χ0v) is 9.34. The average Bonchev–Trinajstić information content (AvgIpc) is 1.99. The number of hydrogen-bond donors (Lipinski definition) is 1. The summed E-state index contributed by atoms with van der Waals surface area (Å²) in [6.45, 7) is 0.919. The highest BCUT2D eigenvalue weighted by Gasteiger charge is 2.52. The molecule has 0 spiro atoms. The summed E-state index contributed by atoms with van der Waals surface area (Å²) in [6, 6.07) is 0. The monoisotopic (exact) mass is 241 g/mol. The van der Waals surface area contributed by atoms with Gasteiger partial charge in [0.05, 0.1) is 6.42 Å². The molecule has 88 valence electrons. The predicted octanol–water partition coefficient (Wildman–Crippen LogP) is -0.393. The van der Waals surface area contributed by atoms with Crippen molar-refractivity contribution in [1.82, 2.24) is 4.90 Å². The third-order valence-corrected chi connectivity index (χ3v) is 2.75. The molecule has 1 amide bonds. The molecule has 0 aromatic heterocycles. The van der Waals surface area contributed by atoms with Gasteiger partial charge in [0.1, 0.15) is 5.78 Å². The molecular formula is C7H12FNO5S. The van der Waals surface area contributed by atoms with E-state index in [0.717, 1.165) is 21.0 Å². The minimum absolute atomic E-state index is 0.650. The van der Waals surface area contributed by atoms with Gasteiger partial charge in [-0.25, -0.2) is 4.39 Å². The number of Topliss-reactive ketones (excluding diaryl/α,β-unsaturated/α-hetero) is 1. The molecule has 0 saturated heterocycles. The maximum Gasteiger partial charge on any atom is 0.318 e. The van der Waals surface area contributed by atoms with Crippen LogP contribution in [-0.4, -0.2) is 48.7 Å². The first-order chi connectivity index (χ1) is 6.52. The summed E-state index contributed by atoms with van der Waals surface area (Å²) in [5.74, 6) is -2.34. The van der Waals surface area contributed by atoms with Crippen molar-refractivity contribution in [1.29, 1.82) is 0 Å². The lowest BCUT2D eigenvalue weighted by atomic mass is 10.2. The SMILES string of the molecule is CC(=O)CC(F)(C(=O)N(C)C)S(=O)(=O)O. The molecule has 0 fully saturated rings. The van der Waals surface area contributed by atoms with E-state index in [0.29, 0.717) is 4.90 Å².